The molecule has 5 nitrogen and oxygen atoms in total. The van der Waals surface area contributed by atoms with Crippen molar-refractivity contribution in [1.82, 2.24) is 14.2 Å². The molecule has 13 heteroatoms. The summed E-state index contributed by atoms with van der Waals surface area (Å²) in [7, 11) is -4.50. The lowest BCUT2D eigenvalue weighted by atomic mass is 10.2. The molecule has 29 heavy (non-hydrogen) atoms. The van der Waals surface area contributed by atoms with E-state index in [1.165, 1.54) is 0 Å². The van der Waals surface area contributed by atoms with Gasteiger partial charge in [0.1, 0.15) is 0 Å². The van der Waals surface area contributed by atoms with Crippen LogP contribution in [0.5, 0.6) is 0 Å². The first-order valence-corrected chi connectivity index (χ1v) is 9.32. The summed E-state index contributed by atoms with van der Waals surface area (Å²) in [5.41, 5.74) is -2.49. The smallest absolute Gasteiger partial charge is 0.254 e. The van der Waals surface area contributed by atoms with Crippen LogP contribution in [0.4, 0.5) is 26.3 Å². The minimum absolute atomic E-state index is 0.0423. The molecule has 0 N–H and O–H groups in total. The Morgan fingerprint density at radius 2 is 1.59 bits per heavy atom. The summed E-state index contributed by atoms with van der Waals surface area (Å²) in [5, 5.41) is 3.16. The summed E-state index contributed by atoms with van der Waals surface area (Å²) in [4.78, 5) is 2.91. The van der Waals surface area contributed by atoms with E-state index in [1.54, 1.807) is 0 Å². The van der Waals surface area contributed by atoms with Gasteiger partial charge in [-0.25, -0.2) is 0 Å². The molecule has 0 spiro atoms. The molecular weight excluding hydrogens is 448 g/mol. The van der Waals surface area contributed by atoms with Crippen LogP contribution in [0.25, 0.3) is 11.3 Å². The van der Waals surface area contributed by atoms with E-state index in [4.69, 9.17) is 11.6 Å². The molecule has 0 fully saturated rings. The highest BCUT2D eigenvalue weighted by molar-refractivity contribution is 7.89. The van der Waals surface area contributed by atoms with Crippen molar-refractivity contribution in [3.05, 3.63) is 65.1 Å². The maximum atomic E-state index is 12.8. The van der Waals surface area contributed by atoms with Crippen molar-refractivity contribution >= 4 is 21.6 Å². The number of hydrogen-bond acceptors (Lipinski definition) is 4. The number of nitrogens with zero attached hydrogens (tertiary/aromatic N) is 3. The van der Waals surface area contributed by atoms with Crippen molar-refractivity contribution in [2.75, 3.05) is 0 Å². The lowest BCUT2D eigenvalue weighted by molar-refractivity contribution is -0.138. The van der Waals surface area contributed by atoms with Gasteiger partial charge in [0.05, 0.1) is 39.1 Å². The van der Waals surface area contributed by atoms with Gasteiger partial charge < -0.3 is 0 Å². The van der Waals surface area contributed by atoms with Gasteiger partial charge in [-0.2, -0.15) is 43.9 Å². The highest BCUT2D eigenvalue weighted by Gasteiger charge is 2.33. The third kappa shape index (κ3) is 4.22. The highest BCUT2D eigenvalue weighted by Crippen LogP contribution is 2.34. The monoisotopic (exact) mass is 455 g/mol. The Balaban J connectivity index is 2.00. The van der Waals surface area contributed by atoms with Gasteiger partial charge in [-0.1, -0.05) is 17.7 Å². The number of alkyl halides is 6. The third-order valence-electron chi connectivity index (χ3n) is 3.71. The normalized spacial score (nSPS) is 12.9. The number of aromatic nitrogens is 3. The average Bonchev–Trinajstić information content (AvgIpc) is 3.11. The van der Waals surface area contributed by atoms with E-state index >= 15 is 0 Å². The molecule has 0 aliphatic rings. The van der Waals surface area contributed by atoms with Crippen molar-refractivity contribution in [2.45, 2.75) is 17.2 Å². The van der Waals surface area contributed by atoms with Crippen LogP contribution in [0.2, 0.25) is 5.02 Å². The van der Waals surface area contributed by atoms with Gasteiger partial charge in [0.2, 0.25) is 0 Å². The van der Waals surface area contributed by atoms with E-state index in [0.717, 1.165) is 24.5 Å². The van der Waals surface area contributed by atoms with Gasteiger partial charge in [0, 0.05) is 11.8 Å². The summed E-state index contributed by atoms with van der Waals surface area (Å²) in [6.45, 7) is 0. The molecule has 2 aromatic heterocycles. The van der Waals surface area contributed by atoms with Crippen LogP contribution in [0.15, 0.2) is 53.8 Å². The largest absolute Gasteiger partial charge is 0.417 e. The lowest BCUT2D eigenvalue weighted by Gasteiger charge is -2.09. The van der Waals surface area contributed by atoms with Gasteiger partial charge in [0.25, 0.3) is 10.0 Å². The number of rotatable bonds is 3. The molecular formula is C16H8ClF6N3O2S. The molecule has 0 saturated heterocycles. The molecule has 0 amide bonds. The maximum Gasteiger partial charge on any atom is 0.417 e. The van der Waals surface area contributed by atoms with Gasteiger partial charge >= 0.3 is 12.4 Å². The zero-order valence-corrected chi connectivity index (χ0v) is 15.4. The fourth-order valence-corrected chi connectivity index (χ4v) is 3.75. The average molecular weight is 456 g/mol. The molecule has 0 atom stereocenters. The van der Waals surface area contributed by atoms with E-state index < -0.39 is 43.4 Å². The highest BCUT2D eigenvalue weighted by atomic mass is 35.5. The van der Waals surface area contributed by atoms with Gasteiger partial charge in [-0.05, 0) is 24.3 Å². The van der Waals surface area contributed by atoms with Crippen molar-refractivity contribution in [3.8, 4) is 11.3 Å². The molecule has 154 valence electrons. The van der Waals surface area contributed by atoms with Gasteiger partial charge in [-0.3, -0.25) is 4.98 Å². The molecule has 3 rings (SSSR count). The molecule has 3 aromatic rings. The zero-order valence-electron chi connectivity index (χ0n) is 13.8. The minimum Gasteiger partial charge on any atom is -0.254 e. The second kappa shape index (κ2) is 7.02. The van der Waals surface area contributed by atoms with Gasteiger partial charge in [-0.15, -0.1) is 0 Å². The van der Waals surface area contributed by atoms with Crippen molar-refractivity contribution in [1.29, 1.82) is 0 Å². The SMILES string of the molecule is O=S(=O)(c1cccc(C(F)(F)F)c1)n1cc(-c2ncc(C(F)(F)F)cc2Cl)cn1. The van der Waals surface area contributed by atoms with Crippen LogP contribution in [-0.4, -0.2) is 22.6 Å². The second-order valence-electron chi connectivity index (χ2n) is 5.68. The van der Waals surface area contributed by atoms with Crippen LogP contribution in [0.3, 0.4) is 0 Å². The molecule has 0 unspecified atom stereocenters. The van der Waals surface area contributed by atoms with E-state index in [-0.39, 0.29) is 11.3 Å². The Labute approximate surface area is 164 Å². The Bertz CT molecular complexity index is 1170. The fourth-order valence-electron chi connectivity index (χ4n) is 2.30. The third-order valence-corrected chi connectivity index (χ3v) is 5.54. The number of hydrogen-bond donors (Lipinski definition) is 0. The van der Waals surface area contributed by atoms with Crippen molar-refractivity contribution < 1.29 is 34.8 Å². The Kier molecular flexibility index (Phi) is 5.11. The fraction of sp³-hybridized carbons (Fsp3) is 0.125. The van der Waals surface area contributed by atoms with Crippen molar-refractivity contribution in [2.24, 2.45) is 0 Å². The topological polar surface area (TPSA) is 64.8 Å². The summed E-state index contributed by atoms with van der Waals surface area (Å²) in [6, 6.07) is 3.64. The molecule has 0 radical (unpaired) electrons. The lowest BCUT2D eigenvalue weighted by Crippen LogP contribution is -2.15. The van der Waals surface area contributed by atoms with Gasteiger partial charge in [0.15, 0.2) is 0 Å². The van der Waals surface area contributed by atoms with Crippen molar-refractivity contribution in [3.63, 3.8) is 0 Å². The van der Waals surface area contributed by atoms with E-state index in [0.29, 0.717) is 28.5 Å². The zero-order chi connectivity index (χ0) is 21.6. The standard InChI is InChI=1S/C16H8ClF6N3O2S/c17-13-5-11(16(21,22)23)7-24-14(13)9-6-25-26(8-9)29(27,28)12-3-1-2-10(4-12)15(18,19)20/h1-8H. The molecule has 0 saturated carbocycles. The van der Waals surface area contributed by atoms with Crippen LogP contribution >= 0.6 is 11.6 Å². The minimum atomic E-state index is -4.75. The van der Waals surface area contributed by atoms with E-state index in [2.05, 4.69) is 10.1 Å². The van der Waals surface area contributed by atoms with E-state index in [9.17, 15) is 34.8 Å². The molecule has 2 heterocycles. The van der Waals surface area contributed by atoms with Crippen LogP contribution in [0, 0.1) is 0 Å². The molecule has 0 aliphatic heterocycles. The first-order valence-electron chi connectivity index (χ1n) is 7.51. The predicted octanol–water partition coefficient (Wildman–Crippen LogP) is 4.87. The molecule has 1 aromatic carbocycles. The van der Waals surface area contributed by atoms with Crippen LogP contribution in [0.1, 0.15) is 11.1 Å². The van der Waals surface area contributed by atoms with Crippen LogP contribution in [-0.2, 0) is 22.4 Å². The summed E-state index contributed by atoms with van der Waals surface area (Å²) >= 11 is 5.81. The first kappa shape index (κ1) is 21.1. The predicted molar refractivity (Wildman–Crippen MR) is 89.5 cm³/mol. The molecule has 0 aliphatic carbocycles. The quantitative estimate of drug-likeness (QED) is 0.528. The van der Waals surface area contributed by atoms with Crippen LogP contribution < -0.4 is 0 Å². The maximum absolute atomic E-state index is 12.8. The first-order chi connectivity index (χ1) is 13.3. The number of halogens is 7. The molecule has 0 bridgehead atoms. The Hall–Kier alpha value is -2.60. The van der Waals surface area contributed by atoms with E-state index in [1.807, 2.05) is 0 Å². The Morgan fingerprint density at radius 1 is 0.931 bits per heavy atom. The summed E-state index contributed by atoms with van der Waals surface area (Å²) < 4.78 is 102. The second-order valence-corrected chi connectivity index (χ2v) is 7.89. The number of pyridine rings is 1. The summed E-state index contributed by atoms with van der Waals surface area (Å²) in [5.74, 6) is 0. The Morgan fingerprint density at radius 3 is 2.17 bits per heavy atom. The summed E-state index contributed by atoms with van der Waals surface area (Å²) in [6.07, 6.45) is -7.06. The number of benzene rings is 1.